The summed E-state index contributed by atoms with van der Waals surface area (Å²) in [6.07, 6.45) is 0. The van der Waals surface area contributed by atoms with Crippen LogP contribution >= 0.6 is 0 Å². The monoisotopic (exact) mass is 377 g/mol. The van der Waals surface area contributed by atoms with Gasteiger partial charge in [0.2, 0.25) is 0 Å². The number of halogens is 1. The topological polar surface area (TPSA) is 69.7 Å². The number of carbonyl (C=O) groups is 1. The molecule has 2 aromatic carbocycles. The number of hydrogen-bond acceptors (Lipinski definition) is 4. The van der Waals surface area contributed by atoms with Crippen molar-refractivity contribution in [2.45, 2.75) is 4.90 Å². The van der Waals surface area contributed by atoms with Crippen LogP contribution in [0.4, 0.5) is 10.1 Å². The summed E-state index contributed by atoms with van der Waals surface area (Å²) < 4.78 is 40.0. The fourth-order valence-electron chi connectivity index (χ4n) is 2.70. The van der Waals surface area contributed by atoms with Crippen LogP contribution in [-0.2, 0) is 10.0 Å². The summed E-state index contributed by atoms with van der Waals surface area (Å²) in [6, 6.07) is 10.9. The number of nitrogens with zero attached hydrogens (tertiary/aromatic N) is 2. The van der Waals surface area contributed by atoms with Gasteiger partial charge in [-0.3, -0.25) is 9.52 Å². The molecule has 0 radical (unpaired) electrons. The first-order valence-electron chi connectivity index (χ1n) is 8.21. The molecule has 0 atom stereocenters. The molecule has 1 fully saturated rings. The SMILES string of the molecule is CN1CCN(C(=O)c2ccc(NS(=O)(=O)c3ccc(F)cc3)cc2)CC1. The third kappa shape index (κ3) is 4.20. The van der Waals surface area contributed by atoms with E-state index in [0.29, 0.717) is 24.3 Å². The summed E-state index contributed by atoms with van der Waals surface area (Å²) in [5, 5.41) is 0. The summed E-state index contributed by atoms with van der Waals surface area (Å²) in [4.78, 5) is 16.4. The Bertz CT molecular complexity index is 875. The van der Waals surface area contributed by atoms with Gasteiger partial charge in [0.1, 0.15) is 5.82 Å². The second kappa shape index (κ2) is 7.43. The van der Waals surface area contributed by atoms with Gasteiger partial charge in [-0.1, -0.05) is 0 Å². The highest BCUT2D eigenvalue weighted by molar-refractivity contribution is 7.92. The molecule has 138 valence electrons. The van der Waals surface area contributed by atoms with E-state index in [1.165, 1.54) is 12.1 Å². The van der Waals surface area contributed by atoms with E-state index >= 15 is 0 Å². The molecule has 0 saturated carbocycles. The van der Waals surface area contributed by atoms with Crippen molar-refractivity contribution in [3.63, 3.8) is 0 Å². The number of benzene rings is 2. The lowest BCUT2D eigenvalue weighted by atomic mass is 10.1. The molecule has 3 rings (SSSR count). The smallest absolute Gasteiger partial charge is 0.261 e. The van der Waals surface area contributed by atoms with E-state index < -0.39 is 15.8 Å². The number of likely N-dealkylation sites (N-methyl/N-ethyl adjacent to an activating group) is 1. The fraction of sp³-hybridized carbons (Fsp3) is 0.278. The van der Waals surface area contributed by atoms with E-state index in [0.717, 1.165) is 25.2 Å². The van der Waals surface area contributed by atoms with Gasteiger partial charge in [-0.2, -0.15) is 0 Å². The average molecular weight is 377 g/mol. The lowest BCUT2D eigenvalue weighted by molar-refractivity contribution is 0.0664. The molecule has 26 heavy (non-hydrogen) atoms. The second-order valence-electron chi connectivity index (χ2n) is 6.23. The number of nitrogens with one attached hydrogen (secondary N) is 1. The molecular weight excluding hydrogens is 357 g/mol. The van der Waals surface area contributed by atoms with Crippen molar-refractivity contribution >= 4 is 21.6 Å². The highest BCUT2D eigenvalue weighted by atomic mass is 32.2. The summed E-state index contributed by atoms with van der Waals surface area (Å²) in [5.41, 5.74) is 0.850. The van der Waals surface area contributed by atoms with E-state index in [4.69, 9.17) is 0 Å². The lowest BCUT2D eigenvalue weighted by Gasteiger charge is -2.32. The second-order valence-corrected chi connectivity index (χ2v) is 7.91. The van der Waals surface area contributed by atoms with E-state index in [-0.39, 0.29) is 10.8 Å². The standard InChI is InChI=1S/C18H20FN3O3S/c1-21-10-12-22(13-11-21)18(23)14-2-6-16(7-3-14)20-26(24,25)17-8-4-15(19)5-9-17/h2-9,20H,10-13H2,1H3. The summed E-state index contributed by atoms with van der Waals surface area (Å²) >= 11 is 0. The van der Waals surface area contributed by atoms with Crippen molar-refractivity contribution < 1.29 is 17.6 Å². The first kappa shape index (κ1) is 18.3. The Morgan fingerprint density at radius 2 is 1.54 bits per heavy atom. The molecule has 0 bridgehead atoms. The normalized spacial score (nSPS) is 15.7. The van der Waals surface area contributed by atoms with Gasteiger partial charge >= 0.3 is 0 Å². The Labute approximate surface area is 152 Å². The number of carbonyl (C=O) groups excluding carboxylic acids is 1. The molecule has 6 nitrogen and oxygen atoms in total. The molecule has 1 aliphatic heterocycles. The first-order valence-corrected chi connectivity index (χ1v) is 9.70. The van der Waals surface area contributed by atoms with Gasteiger partial charge in [0.15, 0.2) is 0 Å². The van der Waals surface area contributed by atoms with Crippen molar-refractivity contribution in [1.29, 1.82) is 0 Å². The third-order valence-electron chi connectivity index (χ3n) is 4.30. The molecule has 1 saturated heterocycles. The maximum absolute atomic E-state index is 12.9. The predicted octanol–water partition coefficient (Wildman–Crippen LogP) is 2.01. The van der Waals surface area contributed by atoms with E-state index in [2.05, 4.69) is 9.62 Å². The number of sulfonamides is 1. The molecule has 1 heterocycles. The Kier molecular flexibility index (Phi) is 5.24. The molecule has 1 aliphatic rings. The molecule has 2 aromatic rings. The zero-order chi connectivity index (χ0) is 18.7. The molecular formula is C18H20FN3O3S. The van der Waals surface area contributed by atoms with Crippen molar-refractivity contribution in [3.05, 3.63) is 59.9 Å². The van der Waals surface area contributed by atoms with Crippen LogP contribution in [0.5, 0.6) is 0 Å². The Hall–Kier alpha value is -2.45. The van der Waals surface area contributed by atoms with Gasteiger partial charge in [0, 0.05) is 37.4 Å². The van der Waals surface area contributed by atoms with Crippen LogP contribution in [-0.4, -0.2) is 57.4 Å². The van der Waals surface area contributed by atoms with E-state index in [1.54, 1.807) is 29.2 Å². The van der Waals surface area contributed by atoms with E-state index in [9.17, 15) is 17.6 Å². The van der Waals surface area contributed by atoms with Gasteiger partial charge in [-0.25, -0.2) is 12.8 Å². The summed E-state index contributed by atoms with van der Waals surface area (Å²) in [5.74, 6) is -0.568. The predicted molar refractivity (Wildman–Crippen MR) is 97.1 cm³/mol. The van der Waals surface area contributed by atoms with Crippen LogP contribution < -0.4 is 4.72 Å². The minimum absolute atomic E-state index is 0.0310. The van der Waals surface area contributed by atoms with Gasteiger partial charge in [0.05, 0.1) is 4.90 Å². The summed E-state index contributed by atoms with van der Waals surface area (Å²) in [6.45, 7) is 3.02. The maximum Gasteiger partial charge on any atom is 0.261 e. The van der Waals surface area contributed by atoms with Crippen molar-refractivity contribution in [3.8, 4) is 0 Å². The van der Waals surface area contributed by atoms with Crippen LogP contribution in [0.3, 0.4) is 0 Å². The van der Waals surface area contributed by atoms with Gasteiger partial charge in [-0.05, 0) is 55.6 Å². The Morgan fingerprint density at radius 1 is 0.962 bits per heavy atom. The van der Waals surface area contributed by atoms with Crippen molar-refractivity contribution in [2.75, 3.05) is 37.9 Å². The number of amides is 1. The minimum Gasteiger partial charge on any atom is -0.336 e. The van der Waals surface area contributed by atoms with Crippen LogP contribution in [0.1, 0.15) is 10.4 Å². The first-order chi connectivity index (χ1) is 12.3. The average Bonchev–Trinajstić information content (AvgIpc) is 2.62. The highest BCUT2D eigenvalue weighted by Crippen LogP contribution is 2.18. The molecule has 0 aliphatic carbocycles. The van der Waals surface area contributed by atoms with Crippen molar-refractivity contribution in [2.24, 2.45) is 0 Å². The molecule has 1 N–H and O–H groups in total. The minimum atomic E-state index is -3.81. The van der Waals surface area contributed by atoms with Crippen molar-refractivity contribution in [1.82, 2.24) is 9.80 Å². The fourth-order valence-corrected chi connectivity index (χ4v) is 3.76. The van der Waals surface area contributed by atoms with Gasteiger partial charge < -0.3 is 9.80 Å². The Balaban J connectivity index is 1.69. The van der Waals surface area contributed by atoms with Gasteiger partial charge in [0.25, 0.3) is 15.9 Å². The number of hydrogen-bond donors (Lipinski definition) is 1. The zero-order valence-corrected chi connectivity index (χ0v) is 15.2. The zero-order valence-electron chi connectivity index (χ0n) is 14.4. The van der Waals surface area contributed by atoms with Crippen LogP contribution in [0, 0.1) is 5.82 Å². The lowest BCUT2D eigenvalue weighted by Crippen LogP contribution is -2.47. The molecule has 0 spiro atoms. The van der Waals surface area contributed by atoms with Gasteiger partial charge in [-0.15, -0.1) is 0 Å². The number of piperazine rings is 1. The van der Waals surface area contributed by atoms with Crippen LogP contribution in [0.25, 0.3) is 0 Å². The third-order valence-corrected chi connectivity index (χ3v) is 5.70. The molecule has 8 heteroatoms. The molecule has 0 aromatic heterocycles. The molecule has 0 unspecified atom stereocenters. The molecule has 1 amide bonds. The largest absolute Gasteiger partial charge is 0.336 e. The Morgan fingerprint density at radius 3 is 2.12 bits per heavy atom. The van der Waals surface area contributed by atoms with Crippen LogP contribution in [0.15, 0.2) is 53.4 Å². The maximum atomic E-state index is 12.9. The van der Waals surface area contributed by atoms with E-state index in [1.807, 2.05) is 7.05 Å². The summed E-state index contributed by atoms with van der Waals surface area (Å²) in [7, 11) is -1.79. The van der Waals surface area contributed by atoms with Crippen LogP contribution in [0.2, 0.25) is 0 Å². The quantitative estimate of drug-likeness (QED) is 0.885. The number of anilines is 1. The number of rotatable bonds is 4. The highest BCUT2D eigenvalue weighted by Gasteiger charge is 2.20.